The second-order valence-electron chi connectivity index (χ2n) is 7.20. The van der Waals surface area contributed by atoms with E-state index in [1.165, 1.54) is 4.31 Å². The first-order valence-electron chi connectivity index (χ1n) is 9.17. The summed E-state index contributed by atoms with van der Waals surface area (Å²) in [6.45, 7) is 2.75. The zero-order chi connectivity index (χ0) is 19.2. The number of carbonyl (C=O) groups excluding carboxylic acids is 1. The van der Waals surface area contributed by atoms with Crippen LogP contribution in [0.4, 0.5) is 5.69 Å². The molecule has 2 aromatic rings. The largest absolute Gasteiger partial charge is 0.399 e. The molecule has 2 N–H and O–H groups in total. The van der Waals surface area contributed by atoms with Gasteiger partial charge in [0.2, 0.25) is 15.9 Å². The summed E-state index contributed by atoms with van der Waals surface area (Å²) in [6.07, 6.45) is 1.78. The van der Waals surface area contributed by atoms with Crippen LogP contribution in [0.3, 0.4) is 0 Å². The first kappa shape index (κ1) is 18.0. The lowest BCUT2D eigenvalue weighted by molar-refractivity contribution is -0.139. The van der Waals surface area contributed by atoms with Gasteiger partial charge in [-0.15, -0.1) is 0 Å². The fourth-order valence-corrected chi connectivity index (χ4v) is 5.96. The molecule has 2 aliphatic rings. The molecule has 2 saturated heterocycles. The molecule has 0 saturated carbocycles. The molecule has 0 bridgehead atoms. The Kier molecular flexibility index (Phi) is 4.44. The van der Waals surface area contributed by atoms with Crippen LogP contribution in [-0.4, -0.2) is 48.7 Å². The van der Waals surface area contributed by atoms with Crippen LogP contribution >= 0.6 is 0 Å². The lowest BCUT2D eigenvalue weighted by Crippen LogP contribution is -2.59. The van der Waals surface area contributed by atoms with Crippen molar-refractivity contribution < 1.29 is 13.2 Å². The van der Waals surface area contributed by atoms with E-state index >= 15 is 0 Å². The van der Waals surface area contributed by atoms with Crippen LogP contribution < -0.4 is 5.73 Å². The van der Waals surface area contributed by atoms with Gasteiger partial charge in [0.1, 0.15) is 6.04 Å². The van der Waals surface area contributed by atoms with Crippen molar-refractivity contribution in [3.8, 4) is 11.1 Å². The number of nitrogens with zero attached hydrogens (tertiary/aromatic N) is 2. The summed E-state index contributed by atoms with van der Waals surface area (Å²) in [5.41, 5.74) is 7.80. The number of nitrogens with two attached hydrogens (primary N) is 1. The van der Waals surface area contributed by atoms with Crippen LogP contribution in [0.25, 0.3) is 11.1 Å². The molecule has 2 heterocycles. The quantitative estimate of drug-likeness (QED) is 0.822. The molecule has 0 aliphatic carbocycles. The van der Waals surface area contributed by atoms with Gasteiger partial charge in [-0.3, -0.25) is 4.79 Å². The molecule has 2 aromatic carbocycles. The van der Waals surface area contributed by atoms with Crippen LogP contribution in [-0.2, 0) is 14.8 Å². The fourth-order valence-electron chi connectivity index (χ4n) is 4.11. The van der Waals surface area contributed by atoms with Crippen LogP contribution in [0.5, 0.6) is 0 Å². The zero-order valence-electron chi connectivity index (χ0n) is 15.2. The molecular formula is C20H23N3O3S. The van der Waals surface area contributed by atoms with E-state index in [0.717, 1.165) is 24.9 Å². The highest BCUT2D eigenvalue weighted by Crippen LogP contribution is 2.34. The lowest BCUT2D eigenvalue weighted by atomic mass is 10.1. The van der Waals surface area contributed by atoms with E-state index in [1.807, 2.05) is 11.0 Å². The number of nitrogen functional groups attached to an aromatic ring is 1. The third-order valence-corrected chi connectivity index (χ3v) is 7.51. The molecule has 0 aromatic heterocycles. The summed E-state index contributed by atoms with van der Waals surface area (Å²) in [4.78, 5) is 14.7. The first-order chi connectivity index (χ1) is 12.9. The molecule has 2 aliphatic heterocycles. The Labute approximate surface area is 159 Å². The van der Waals surface area contributed by atoms with Crippen LogP contribution in [0.1, 0.15) is 19.8 Å². The van der Waals surface area contributed by atoms with Crippen molar-refractivity contribution in [2.24, 2.45) is 0 Å². The number of fused-ring (bicyclic) bond motifs is 1. The lowest BCUT2D eigenvalue weighted by Gasteiger charge is -2.40. The van der Waals surface area contributed by atoms with Crippen molar-refractivity contribution in [1.82, 2.24) is 9.21 Å². The van der Waals surface area contributed by atoms with Crippen molar-refractivity contribution in [2.75, 3.05) is 18.8 Å². The maximum Gasteiger partial charge on any atom is 0.244 e. The van der Waals surface area contributed by atoms with Crippen molar-refractivity contribution in [3.63, 3.8) is 0 Å². The number of carbonyl (C=O) groups is 1. The second-order valence-corrected chi connectivity index (χ2v) is 9.06. The average Bonchev–Trinajstić information content (AvgIpc) is 3.13. The van der Waals surface area contributed by atoms with Crippen molar-refractivity contribution in [1.29, 1.82) is 0 Å². The van der Waals surface area contributed by atoms with Crippen molar-refractivity contribution >= 4 is 21.6 Å². The van der Waals surface area contributed by atoms with Gasteiger partial charge in [0.15, 0.2) is 0 Å². The third-order valence-electron chi connectivity index (χ3n) is 5.51. The predicted octanol–water partition coefficient (Wildman–Crippen LogP) is 2.32. The molecule has 6 nitrogen and oxygen atoms in total. The summed E-state index contributed by atoms with van der Waals surface area (Å²) in [6, 6.07) is 13.3. The smallest absolute Gasteiger partial charge is 0.244 e. The van der Waals surface area contributed by atoms with E-state index in [4.69, 9.17) is 5.73 Å². The molecule has 2 fully saturated rings. The van der Waals surface area contributed by atoms with E-state index in [2.05, 4.69) is 0 Å². The molecule has 7 heteroatoms. The van der Waals surface area contributed by atoms with Gasteiger partial charge in [-0.1, -0.05) is 30.3 Å². The number of amides is 1. The maximum absolute atomic E-state index is 13.5. The van der Waals surface area contributed by atoms with Gasteiger partial charge in [-0.2, -0.15) is 4.31 Å². The molecule has 0 radical (unpaired) electrons. The Morgan fingerprint density at radius 1 is 1.11 bits per heavy atom. The number of hydrogen-bond acceptors (Lipinski definition) is 4. The SMILES string of the molecule is C[C@@H]1C(=O)N2CCC[C@@H]2CN1S(=O)(=O)c1ccccc1-c1cccc(N)c1. The summed E-state index contributed by atoms with van der Waals surface area (Å²) in [7, 11) is -3.83. The zero-order valence-corrected chi connectivity index (χ0v) is 16.0. The highest BCUT2D eigenvalue weighted by Gasteiger charge is 2.45. The number of anilines is 1. The van der Waals surface area contributed by atoms with Gasteiger partial charge in [0.25, 0.3) is 0 Å². The summed E-state index contributed by atoms with van der Waals surface area (Å²) in [5, 5.41) is 0. The average molecular weight is 385 g/mol. The highest BCUT2D eigenvalue weighted by molar-refractivity contribution is 7.89. The molecular weight excluding hydrogens is 362 g/mol. The van der Waals surface area contributed by atoms with E-state index < -0.39 is 16.1 Å². The van der Waals surface area contributed by atoms with Gasteiger partial charge >= 0.3 is 0 Å². The second kappa shape index (κ2) is 6.65. The van der Waals surface area contributed by atoms with Gasteiger partial charge in [0, 0.05) is 30.4 Å². The summed E-state index contributed by atoms with van der Waals surface area (Å²) >= 11 is 0. The number of hydrogen-bond donors (Lipinski definition) is 1. The standard InChI is InChI=1S/C20H23N3O3S/c1-14-20(24)22-11-5-8-17(22)13-23(14)27(25,26)19-10-3-2-9-18(19)15-6-4-7-16(21)12-15/h2-4,6-7,9-10,12,14,17H,5,8,11,13,21H2,1H3/t14-,17-/m1/s1. The number of rotatable bonds is 3. The van der Waals surface area contributed by atoms with Crippen molar-refractivity contribution in [3.05, 3.63) is 48.5 Å². The fraction of sp³-hybridized carbons (Fsp3) is 0.350. The Morgan fingerprint density at radius 2 is 1.89 bits per heavy atom. The Hall–Kier alpha value is -2.38. The van der Waals surface area contributed by atoms with E-state index in [-0.39, 0.29) is 16.8 Å². The highest BCUT2D eigenvalue weighted by atomic mass is 32.2. The molecule has 142 valence electrons. The third kappa shape index (κ3) is 3.00. The molecule has 1 amide bonds. The Balaban J connectivity index is 1.78. The topological polar surface area (TPSA) is 83.7 Å². The number of piperazine rings is 1. The van der Waals surface area contributed by atoms with Gasteiger partial charge < -0.3 is 10.6 Å². The Bertz CT molecular complexity index is 989. The number of benzene rings is 2. The summed E-state index contributed by atoms with van der Waals surface area (Å²) in [5.74, 6) is -0.103. The molecule has 27 heavy (non-hydrogen) atoms. The first-order valence-corrected chi connectivity index (χ1v) is 10.6. The predicted molar refractivity (Wildman–Crippen MR) is 104 cm³/mol. The number of sulfonamides is 1. The van der Waals surface area contributed by atoms with Gasteiger partial charge in [-0.05, 0) is 43.5 Å². The normalized spacial score (nSPS) is 23.4. The maximum atomic E-state index is 13.5. The van der Waals surface area contributed by atoms with E-state index in [1.54, 1.807) is 49.4 Å². The molecule has 4 rings (SSSR count). The minimum atomic E-state index is -3.83. The molecule has 2 atom stereocenters. The molecule has 0 spiro atoms. The van der Waals surface area contributed by atoms with Crippen molar-refractivity contribution in [2.45, 2.75) is 36.7 Å². The van der Waals surface area contributed by atoms with E-state index in [9.17, 15) is 13.2 Å². The molecule has 0 unspecified atom stereocenters. The van der Waals surface area contributed by atoms with E-state index in [0.29, 0.717) is 17.8 Å². The van der Waals surface area contributed by atoms with Crippen LogP contribution in [0, 0.1) is 0 Å². The minimum absolute atomic E-state index is 0.0250. The summed E-state index contributed by atoms with van der Waals surface area (Å²) < 4.78 is 28.4. The van der Waals surface area contributed by atoms with Gasteiger partial charge in [-0.25, -0.2) is 8.42 Å². The minimum Gasteiger partial charge on any atom is -0.399 e. The van der Waals surface area contributed by atoms with Gasteiger partial charge in [0.05, 0.1) is 4.90 Å². The van der Waals surface area contributed by atoms with Crippen LogP contribution in [0.15, 0.2) is 53.4 Å². The van der Waals surface area contributed by atoms with Crippen LogP contribution in [0.2, 0.25) is 0 Å². The monoisotopic (exact) mass is 385 g/mol. The Morgan fingerprint density at radius 3 is 2.67 bits per heavy atom.